The fourth-order valence-electron chi connectivity index (χ4n) is 2.66. The molecule has 0 bridgehead atoms. The smallest absolute Gasteiger partial charge is 0.328 e. The molecule has 2 atom stereocenters. The molecule has 3 rings (SSSR count). The number of amides is 2. The van der Waals surface area contributed by atoms with Crippen LogP contribution in [-0.2, 0) is 14.4 Å². The summed E-state index contributed by atoms with van der Waals surface area (Å²) >= 11 is 0. The number of benzene rings is 1. The number of fused-ring (bicyclic) bond motifs is 1. The zero-order valence-electron chi connectivity index (χ0n) is 12.6. The molecule has 2 heterocycles. The number of carbonyl (C=O) groups excluding carboxylic acids is 2. The summed E-state index contributed by atoms with van der Waals surface area (Å²) in [5.41, 5.74) is 0.580. The Morgan fingerprint density at radius 3 is 2.79 bits per heavy atom. The van der Waals surface area contributed by atoms with E-state index in [1.165, 1.54) is 4.90 Å². The third-order valence-electron chi connectivity index (χ3n) is 3.96. The minimum Gasteiger partial charge on any atom is -0.480 e. The number of nitrogens with one attached hydrogen (secondary N) is 1. The van der Waals surface area contributed by atoms with Crippen LogP contribution in [0.1, 0.15) is 6.42 Å². The van der Waals surface area contributed by atoms with Crippen molar-refractivity contribution >= 4 is 23.5 Å². The summed E-state index contributed by atoms with van der Waals surface area (Å²) in [7, 11) is 0. The van der Waals surface area contributed by atoms with Crippen LogP contribution in [0.25, 0.3) is 0 Å². The molecule has 128 valence electrons. The minimum atomic E-state index is -1.38. The number of nitrogens with zero attached hydrogens (tertiary/aromatic N) is 1. The number of rotatable bonds is 5. The lowest BCUT2D eigenvalue weighted by Crippen LogP contribution is -2.46. The zero-order valence-corrected chi connectivity index (χ0v) is 12.6. The molecule has 2 unspecified atom stereocenters. The van der Waals surface area contributed by atoms with Gasteiger partial charge in [-0.15, -0.1) is 0 Å². The van der Waals surface area contributed by atoms with E-state index in [0.717, 1.165) is 0 Å². The van der Waals surface area contributed by atoms with Gasteiger partial charge in [-0.1, -0.05) is 0 Å². The van der Waals surface area contributed by atoms with E-state index in [-0.39, 0.29) is 25.7 Å². The van der Waals surface area contributed by atoms with Gasteiger partial charge in [0.05, 0.1) is 12.5 Å². The number of aliphatic hydroxyl groups is 1. The van der Waals surface area contributed by atoms with E-state index in [1.807, 2.05) is 0 Å². The number of ether oxygens (including phenoxy) is 2. The van der Waals surface area contributed by atoms with E-state index < -0.39 is 30.4 Å². The summed E-state index contributed by atoms with van der Waals surface area (Å²) in [6, 6.07) is 3.66. The third kappa shape index (κ3) is 2.98. The van der Waals surface area contributed by atoms with Crippen molar-refractivity contribution in [3.63, 3.8) is 0 Å². The molecule has 2 aliphatic heterocycles. The Morgan fingerprint density at radius 2 is 2.08 bits per heavy atom. The molecule has 2 amide bonds. The third-order valence-corrected chi connectivity index (χ3v) is 3.96. The van der Waals surface area contributed by atoms with Gasteiger partial charge in [-0.05, 0) is 12.1 Å². The maximum atomic E-state index is 12.2. The summed E-state index contributed by atoms with van der Waals surface area (Å²) in [6.07, 6.45) is -0.0297. The molecule has 1 aromatic rings. The lowest BCUT2D eigenvalue weighted by Gasteiger charge is -2.18. The monoisotopic (exact) mass is 336 g/mol. The van der Waals surface area contributed by atoms with E-state index >= 15 is 0 Å². The number of carboxylic acid groups (broad SMARTS) is 1. The largest absolute Gasteiger partial charge is 0.480 e. The molecular weight excluding hydrogens is 320 g/mol. The Morgan fingerprint density at radius 1 is 1.33 bits per heavy atom. The molecule has 3 N–H and O–H groups in total. The molecule has 0 spiro atoms. The average Bonchev–Trinajstić information content (AvgIpc) is 3.17. The summed E-state index contributed by atoms with van der Waals surface area (Å²) < 4.78 is 10.5. The number of aliphatic carboxylic acids is 1. The van der Waals surface area contributed by atoms with Crippen molar-refractivity contribution in [3.8, 4) is 11.5 Å². The van der Waals surface area contributed by atoms with Gasteiger partial charge in [0.2, 0.25) is 18.6 Å². The van der Waals surface area contributed by atoms with Gasteiger partial charge in [-0.3, -0.25) is 9.59 Å². The molecule has 2 aliphatic rings. The van der Waals surface area contributed by atoms with Crippen molar-refractivity contribution in [1.29, 1.82) is 0 Å². The van der Waals surface area contributed by atoms with Gasteiger partial charge in [0.1, 0.15) is 6.04 Å². The number of carboxylic acids is 1. The minimum absolute atomic E-state index is 0.0297. The molecule has 0 radical (unpaired) electrons. The van der Waals surface area contributed by atoms with Crippen molar-refractivity contribution in [3.05, 3.63) is 18.2 Å². The van der Waals surface area contributed by atoms with Gasteiger partial charge in [0.25, 0.3) is 0 Å². The molecular formula is C15H16N2O7. The predicted octanol–water partition coefficient (Wildman–Crippen LogP) is -0.670. The van der Waals surface area contributed by atoms with Crippen LogP contribution in [0.2, 0.25) is 0 Å². The molecule has 9 heteroatoms. The van der Waals surface area contributed by atoms with Gasteiger partial charge in [0.15, 0.2) is 11.5 Å². The Kier molecular flexibility index (Phi) is 4.26. The van der Waals surface area contributed by atoms with Crippen molar-refractivity contribution in [1.82, 2.24) is 5.32 Å². The van der Waals surface area contributed by atoms with Gasteiger partial charge in [-0.25, -0.2) is 4.79 Å². The second kappa shape index (κ2) is 6.36. The van der Waals surface area contributed by atoms with Crippen molar-refractivity contribution in [2.24, 2.45) is 5.92 Å². The van der Waals surface area contributed by atoms with Crippen molar-refractivity contribution in [2.75, 3.05) is 24.8 Å². The van der Waals surface area contributed by atoms with Crippen LogP contribution >= 0.6 is 0 Å². The van der Waals surface area contributed by atoms with Crippen LogP contribution < -0.4 is 19.7 Å². The molecule has 1 saturated heterocycles. The van der Waals surface area contributed by atoms with Gasteiger partial charge >= 0.3 is 5.97 Å². The molecule has 9 nitrogen and oxygen atoms in total. The Hall–Kier alpha value is -2.81. The second-order valence-corrected chi connectivity index (χ2v) is 5.52. The maximum Gasteiger partial charge on any atom is 0.328 e. The molecule has 0 saturated carbocycles. The maximum absolute atomic E-state index is 12.2. The fraction of sp³-hybridized carbons (Fsp3) is 0.400. The molecule has 0 aliphatic carbocycles. The molecule has 24 heavy (non-hydrogen) atoms. The number of hydrogen-bond acceptors (Lipinski definition) is 6. The zero-order chi connectivity index (χ0) is 17.3. The van der Waals surface area contributed by atoms with Gasteiger partial charge < -0.3 is 29.9 Å². The molecule has 0 aromatic heterocycles. The number of anilines is 1. The predicted molar refractivity (Wildman–Crippen MR) is 79.7 cm³/mol. The highest BCUT2D eigenvalue weighted by Gasteiger charge is 2.37. The fourth-order valence-corrected chi connectivity index (χ4v) is 2.66. The van der Waals surface area contributed by atoms with Gasteiger partial charge in [0, 0.05) is 24.7 Å². The lowest BCUT2D eigenvalue weighted by molar-refractivity contribution is -0.143. The van der Waals surface area contributed by atoms with Crippen molar-refractivity contribution < 1.29 is 34.1 Å². The SMILES string of the molecule is O=C(NC(CO)C(=O)O)C1CC(=O)N(c2ccc3c(c2)OCO3)C1. The number of hydrogen-bond donors (Lipinski definition) is 3. The normalized spacial score (nSPS) is 20.1. The van der Waals surface area contributed by atoms with Crippen LogP contribution in [0.3, 0.4) is 0 Å². The number of aliphatic hydroxyl groups excluding tert-OH is 1. The highest BCUT2D eigenvalue weighted by molar-refractivity contribution is 6.01. The molecule has 1 aromatic carbocycles. The molecule has 1 fully saturated rings. The lowest BCUT2D eigenvalue weighted by atomic mass is 10.1. The second-order valence-electron chi connectivity index (χ2n) is 5.52. The summed E-state index contributed by atoms with van der Waals surface area (Å²) in [4.78, 5) is 36.6. The highest BCUT2D eigenvalue weighted by Crippen LogP contribution is 2.37. The summed E-state index contributed by atoms with van der Waals surface area (Å²) in [5.74, 6) is -1.72. The van der Waals surface area contributed by atoms with Gasteiger partial charge in [-0.2, -0.15) is 0 Å². The summed E-state index contributed by atoms with van der Waals surface area (Å²) in [5, 5.41) is 20.1. The first-order chi connectivity index (χ1) is 11.5. The van der Waals surface area contributed by atoms with Crippen molar-refractivity contribution in [2.45, 2.75) is 12.5 Å². The van der Waals surface area contributed by atoms with E-state index in [2.05, 4.69) is 5.32 Å². The number of carbonyl (C=O) groups is 3. The quantitative estimate of drug-likeness (QED) is 0.651. The first kappa shape index (κ1) is 16.1. The first-order valence-corrected chi connectivity index (χ1v) is 7.33. The van der Waals surface area contributed by atoms with Crippen LogP contribution in [0, 0.1) is 5.92 Å². The van der Waals surface area contributed by atoms with Crippen LogP contribution in [0.5, 0.6) is 11.5 Å². The van der Waals surface area contributed by atoms with Crippen LogP contribution in [0.15, 0.2) is 18.2 Å². The Bertz CT molecular complexity index is 690. The van der Waals surface area contributed by atoms with E-state index in [1.54, 1.807) is 18.2 Å². The summed E-state index contributed by atoms with van der Waals surface area (Å²) in [6.45, 7) is -0.467. The standard InChI is InChI=1S/C15H16N2O7/c18-6-10(15(21)22)16-14(20)8-3-13(19)17(5-8)9-1-2-11-12(4-9)24-7-23-11/h1-2,4,8,10,18H,3,5-7H2,(H,16,20)(H,21,22). The van der Waals surface area contributed by atoms with Crippen LogP contribution in [0.4, 0.5) is 5.69 Å². The first-order valence-electron chi connectivity index (χ1n) is 7.33. The Balaban J connectivity index is 1.69. The topological polar surface area (TPSA) is 125 Å². The highest BCUT2D eigenvalue weighted by atomic mass is 16.7. The Labute approximate surface area is 136 Å². The van der Waals surface area contributed by atoms with E-state index in [9.17, 15) is 14.4 Å². The average molecular weight is 336 g/mol. The van der Waals surface area contributed by atoms with Crippen LogP contribution in [-0.4, -0.2) is 54.0 Å². The van der Waals surface area contributed by atoms with E-state index in [0.29, 0.717) is 17.2 Å². The van der Waals surface area contributed by atoms with E-state index in [4.69, 9.17) is 19.7 Å².